The highest BCUT2D eigenvalue weighted by Gasteiger charge is 2.42. The first-order valence-corrected chi connectivity index (χ1v) is 5.24. The lowest BCUT2D eigenvalue weighted by Crippen LogP contribution is -2.54. The molecule has 1 fully saturated rings. The van der Waals surface area contributed by atoms with Crippen molar-refractivity contribution in [2.45, 2.75) is 24.7 Å². The summed E-state index contributed by atoms with van der Waals surface area (Å²) in [5.74, 6) is 0.537. The normalized spacial score (nSPS) is 27.3. The molecule has 6 heteroatoms. The number of hydrogen-bond donors (Lipinski definition) is 1. The molecule has 1 aliphatic rings. The van der Waals surface area contributed by atoms with E-state index in [1.54, 1.807) is 0 Å². The smallest absolute Gasteiger partial charge is 0.269 e. The third kappa shape index (κ3) is 2.37. The first kappa shape index (κ1) is 11.8. The molecule has 0 aromatic heterocycles. The summed E-state index contributed by atoms with van der Waals surface area (Å²) in [6.45, 7) is 0. The molecule has 0 spiro atoms. The van der Waals surface area contributed by atoms with Gasteiger partial charge in [0, 0.05) is 25.7 Å². The summed E-state index contributed by atoms with van der Waals surface area (Å²) < 4.78 is 10.6. The van der Waals surface area contributed by atoms with Gasteiger partial charge in [0.15, 0.2) is 0 Å². The second kappa shape index (κ2) is 4.68. The Morgan fingerprint density at radius 2 is 2.06 bits per heavy atom. The first-order valence-electron chi connectivity index (χ1n) is 5.24. The summed E-state index contributed by atoms with van der Waals surface area (Å²) in [4.78, 5) is 9.99. The van der Waals surface area contributed by atoms with E-state index in [2.05, 4.69) is 0 Å². The molecule has 2 rings (SSSR count). The zero-order chi connectivity index (χ0) is 12.4. The van der Waals surface area contributed by atoms with E-state index in [0.717, 1.165) is 0 Å². The van der Waals surface area contributed by atoms with E-state index >= 15 is 0 Å². The zero-order valence-corrected chi connectivity index (χ0v) is 9.28. The zero-order valence-electron chi connectivity index (χ0n) is 9.28. The predicted octanol–water partition coefficient (Wildman–Crippen LogP) is 1.12. The van der Waals surface area contributed by atoms with Crippen LogP contribution < -0.4 is 4.74 Å². The van der Waals surface area contributed by atoms with Crippen LogP contribution in [0.5, 0.6) is 5.75 Å². The molecule has 3 unspecified atom stereocenters. The molecule has 1 saturated carbocycles. The van der Waals surface area contributed by atoms with Crippen LogP contribution in [-0.4, -0.2) is 35.5 Å². The van der Waals surface area contributed by atoms with Crippen LogP contribution in [0.15, 0.2) is 24.3 Å². The fraction of sp³-hybridized carbons (Fsp3) is 0.455. The molecule has 0 amide bonds. The van der Waals surface area contributed by atoms with Crippen molar-refractivity contribution in [3.63, 3.8) is 0 Å². The third-order valence-corrected chi connectivity index (χ3v) is 2.83. The first-order chi connectivity index (χ1) is 8.11. The van der Waals surface area contributed by atoms with Gasteiger partial charge in [-0.3, -0.25) is 10.1 Å². The van der Waals surface area contributed by atoms with Crippen LogP contribution in [0.4, 0.5) is 5.69 Å². The van der Waals surface area contributed by atoms with Gasteiger partial charge in [-0.25, -0.2) is 0 Å². The number of benzene rings is 1. The van der Waals surface area contributed by atoms with Gasteiger partial charge in [-0.2, -0.15) is 0 Å². The fourth-order valence-electron chi connectivity index (χ4n) is 1.80. The maximum atomic E-state index is 10.5. The molecule has 0 radical (unpaired) electrons. The van der Waals surface area contributed by atoms with Crippen molar-refractivity contribution in [1.82, 2.24) is 0 Å². The lowest BCUT2D eigenvalue weighted by molar-refractivity contribution is -0.384. The molecular formula is C11H13NO5. The summed E-state index contributed by atoms with van der Waals surface area (Å²) in [6.07, 6.45) is -0.514. The highest BCUT2D eigenvalue weighted by molar-refractivity contribution is 5.36. The van der Waals surface area contributed by atoms with Crippen molar-refractivity contribution in [3.05, 3.63) is 34.4 Å². The predicted molar refractivity (Wildman–Crippen MR) is 58.9 cm³/mol. The number of non-ortho nitro benzene ring substituents is 1. The molecule has 0 aliphatic heterocycles. The van der Waals surface area contributed by atoms with Gasteiger partial charge in [0.05, 0.1) is 11.0 Å². The highest BCUT2D eigenvalue weighted by Crippen LogP contribution is 2.29. The number of nitro benzene ring substituents is 1. The lowest BCUT2D eigenvalue weighted by Gasteiger charge is -2.39. The topological polar surface area (TPSA) is 81.8 Å². The molecule has 1 N–H and O–H groups in total. The van der Waals surface area contributed by atoms with E-state index in [9.17, 15) is 15.2 Å². The molecule has 17 heavy (non-hydrogen) atoms. The Balaban J connectivity index is 1.98. The quantitative estimate of drug-likeness (QED) is 0.629. The average molecular weight is 239 g/mol. The molecule has 3 atom stereocenters. The minimum absolute atomic E-state index is 0.0225. The Bertz CT molecular complexity index is 405. The van der Waals surface area contributed by atoms with Crippen LogP contribution in [0.3, 0.4) is 0 Å². The Kier molecular flexibility index (Phi) is 3.26. The second-order valence-electron chi connectivity index (χ2n) is 3.91. The highest BCUT2D eigenvalue weighted by atomic mass is 16.6. The number of ether oxygens (including phenoxy) is 2. The molecule has 6 nitrogen and oxygen atoms in total. The Morgan fingerprint density at radius 1 is 1.41 bits per heavy atom. The van der Waals surface area contributed by atoms with Gasteiger partial charge in [-0.05, 0) is 12.1 Å². The van der Waals surface area contributed by atoms with Gasteiger partial charge >= 0.3 is 0 Å². The van der Waals surface area contributed by atoms with Crippen LogP contribution in [0.25, 0.3) is 0 Å². The number of hydrogen-bond acceptors (Lipinski definition) is 5. The van der Waals surface area contributed by atoms with Crippen molar-refractivity contribution in [1.29, 1.82) is 0 Å². The van der Waals surface area contributed by atoms with Gasteiger partial charge in [0.1, 0.15) is 18.0 Å². The third-order valence-electron chi connectivity index (χ3n) is 2.83. The average Bonchev–Trinajstić information content (AvgIpc) is 2.29. The van der Waals surface area contributed by atoms with E-state index in [1.165, 1.54) is 31.4 Å². The number of methoxy groups -OCH3 is 1. The molecule has 1 aliphatic carbocycles. The van der Waals surface area contributed by atoms with E-state index in [-0.39, 0.29) is 17.9 Å². The molecule has 1 aromatic carbocycles. The minimum atomic E-state index is -0.497. The Hall–Kier alpha value is -1.66. The van der Waals surface area contributed by atoms with E-state index in [4.69, 9.17) is 9.47 Å². The Morgan fingerprint density at radius 3 is 2.53 bits per heavy atom. The van der Waals surface area contributed by atoms with Gasteiger partial charge in [-0.1, -0.05) is 0 Å². The monoisotopic (exact) mass is 239 g/mol. The Labute approximate surface area is 97.9 Å². The molecule has 92 valence electrons. The maximum Gasteiger partial charge on any atom is 0.269 e. The number of nitro groups is 1. The number of aliphatic hydroxyl groups excluding tert-OH is 1. The van der Waals surface area contributed by atoms with E-state index in [0.29, 0.717) is 12.2 Å². The summed E-state index contributed by atoms with van der Waals surface area (Å²) in [5, 5.41) is 19.8. The van der Waals surface area contributed by atoms with Gasteiger partial charge < -0.3 is 14.6 Å². The van der Waals surface area contributed by atoms with Crippen LogP contribution in [0.2, 0.25) is 0 Å². The number of nitrogens with zero attached hydrogens (tertiary/aromatic N) is 1. The second-order valence-corrected chi connectivity index (χ2v) is 3.91. The maximum absolute atomic E-state index is 10.5. The standard InChI is InChI=1S/C11H13NO5/c1-16-11-9(13)6-10(11)17-8-4-2-7(3-5-8)12(14)15/h2-5,9-11,13H,6H2,1H3. The lowest BCUT2D eigenvalue weighted by atomic mass is 9.88. The van der Waals surface area contributed by atoms with E-state index < -0.39 is 11.0 Å². The fourth-order valence-corrected chi connectivity index (χ4v) is 1.80. The van der Waals surface area contributed by atoms with Crippen molar-refractivity contribution < 1.29 is 19.5 Å². The molecular weight excluding hydrogens is 226 g/mol. The van der Waals surface area contributed by atoms with Gasteiger partial charge in [0.25, 0.3) is 5.69 Å². The van der Waals surface area contributed by atoms with Crippen molar-refractivity contribution in [3.8, 4) is 5.75 Å². The summed E-state index contributed by atoms with van der Waals surface area (Å²) in [5.41, 5.74) is 0.0225. The SMILES string of the molecule is COC1C(O)CC1Oc1ccc([N+](=O)[O-])cc1. The van der Waals surface area contributed by atoms with Gasteiger partial charge in [-0.15, -0.1) is 0 Å². The molecule has 1 aromatic rings. The number of aliphatic hydroxyl groups is 1. The summed E-state index contributed by atoms with van der Waals surface area (Å²) in [6, 6.07) is 5.84. The van der Waals surface area contributed by atoms with Crippen molar-refractivity contribution in [2.24, 2.45) is 0 Å². The van der Waals surface area contributed by atoms with Crippen molar-refractivity contribution >= 4 is 5.69 Å². The molecule has 0 saturated heterocycles. The van der Waals surface area contributed by atoms with Crippen LogP contribution >= 0.6 is 0 Å². The summed E-state index contributed by atoms with van der Waals surface area (Å²) >= 11 is 0. The van der Waals surface area contributed by atoms with Crippen LogP contribution in [-0.2, 0) is 4.74 Å². The van der Waals surface area contributed by atoms with Crippen LogP contribution in [0.1, 0.15) is 6.42 Å². The minimum Gasteiger partial charge on any atom is -0.488 e. The largest absolute Gasteiger partial charge is 0.488 e. The molecule has 0 heterocycles. The van der Waals surface area contributed by atoms with Gasteiger partial charge in [0.2, 0.25) is 0 Å². The van der Waals surface area contributed by atoms with Crippen molar-refractivity contribution in [2.75, 3.05) is 7.11 Å². The molecule has 0 bridgehead atoms. The number of rotatable bonds is 4. The van der Waals surface area contributed by atoms with E-state index in [1.807, 2.05) is 0 Å². The summed E-state index contributed by atoms with van der Waals surface area (Å²) in [7, 11) is 1.51. The van der Waals surface area contributed by atoms with Crippen LogP contribution in [0, 0.1) is 10.1 Å².